The molecule has 1 fully saturated rings. The first-order chi connectivity index (χ1) is 20.2. The Hall–Kier alpha value is -4.84. The zero-order chi connectivity index (χ0) is 30.2. The average Bonchev–Trinajstić information content (AvgIpc) is 3.22. The van der Waals surface area contributed by atoms with Crippen molar-refractivity contribution in [2.75, 3.05) is 37.5 Å². The molecular formula is C30H29BrN4O7. The Kier molecular flexibility index (Phi) is 9.81. The SMILES string of the molecule is CCOc1cc(/C=C2/NC(=O)N(CC(=O)Nc3ccccc3OC)C2=O)c(Br)cc1OCC(=O)Nc1ccc(C)cc1. The summed E-state index contributed by atoms with van der Waals surface area (Å²) in [6.45, 7) is 3.30. The molecule has 4 rings (SSSR count). The van der Waals surface area contributed by atoms with Gasteiger partial charge in [0.25, 0.3) is 11.8 Å². The summed E-state index contributed by atoms with van der Waals surface area (Å²) in [6, 6.07) is 16.7. The summed E-state index contributed by atoms with van der Waals surface area (Å²) >= 11 is 3.45. The number of amides is 5. The van der Waals surface area contributed by atoms with Gasteiger partial charge in [0.2, 0.25) is 5.91 Å². The van der Waals surface area contributed by atoms with Crippen molar-refractivity contribution in [3.63, 3.8) is 0 Å². The highest BCUT2D eigenvalue weighted by Gasteiger charge is 2.35. The van der Waals surface area contributed by atoms with Gasteiger partial charge in [-0.15, -0.1) is 0 Å². The number of rotatable bonds is 11. The van der Waals surface area contributed by atoms with Crippen LogP contribution in [-0.4, -0.2) is 55.5 Å². The van der Waals surface area contributed by atoms with Gasteiger partial charge in [0, 0.05) is 10.2 Å². The number of hydrogen-bond acceptors (Lipinski definition) is 7. The van der Waals surface area contributed by atoms with Gasteiger partial charge in [-0.2, -0.15) is 0 Å². The Labute approximate surface area is 250 Å². The number of carbonyl (C=O) groups is 4. The molecule has 1 aliphatic heterocycles. The topological polar surface area (TPSA) is 135 Å². The fourth-order valence-corrected chi connectivity index (χ4v) is 4.41. The fourth-order valence-electron chi connectivity index (χ4n) is 3.97. The zero-order valence-corrected chi connectivity index (χ0v) is 24.7. The third kappa shape index (κ3) is 7.46. The average molecular weight is 637 g/mol. The van der Waals surface area contributed by atoms with Crippen LogP contribution in [0.3, 0.4) is 0 Å². The standard InChI is InChI=1S/C30H29BrN4O7/c1-4-41-25-14-19(21(31)15-26(25)42-17-28(37)32-20-11-9-18(2)10-12-20)13-23-29(38)35(30(39)34-23)16-27(36)33-22-7-5-6-8-24(22)40-3/h5-15H,4,16-17H2,1-3H3,(H,32,37)(H,33,36)(H,34,39)/b23-13+. The minimum atomic E-state index is -0.734. The molecule has 0 aliphatic carbocycles. The summed E-state index contributed by atoms with van der Waals surface area (Å²) < 4.78 is 17.2. The number of nitrogens with zero attached hydrogens (tertiary/aromatic N) is 1. The van der Waals surface area contributed by atoms with E-state index in [4.69, 9.17) is 14.2 Å². The van der Waals surface area contributed by atoms with Gasteiger partial charge >= 0.3 is 6.03 Å². The summed E-state index contributed by atoms with van der Waals surface area (Å²) in [4.78, 5) is 51.4. The van der Waals surface area contributed by atoms with Crippen LogP contribution in [0, 0.1) is 6.92 Å². The molecule has 0 bridgehead atoms. The van der Waals surface area contributed by atoms with E-state index in [1.807, 2.05) is 19.1 Å². The van der Waals surface area contributed by atoms with Crippen molar-refractivity contribution >= 4 is 57.1 Å². The molecule has 0 aromatic heterocycles. The highest BCUT2D eigenvalue weighted by atomic mass is 79.9. The monoisotopic (exact) mass is 636 g/mol. The van der Waals surface area contributed by atoms with Gasteiger partial charge in [0.15, 0.2) is 18.1 Å². The maximum atomic E-state index is 13.0. The number of nitrogens with one attached hydrogen (secondary N) is 3. The number of ether oxygens (including phenoxy) is 3. The van der Waals surface area contributed by atoms with Crippen LogP contribution in [0.4, 0.5) is 16.2 Å². The third-order valence-electron chi connectivity index (χ3n) is 6.00. The van der Waals surface area contributed by atoms with E-state index in [1.165, 1.54) is 13.2 Å². The van der Waals surface area contributed by atoms with Crippen LogP contribution in [0.5, 0.6) is 17.2 Å². The summed E-state index contributed by atoms with van der Waals surface area (Å²) in [6.07, 6.45) is 1.46. The summed E-state index contributed by atoms with van der Waals surface area (Å²) in [5.41, 5.74) is 2.61. The number of imide groups is 1. The Morgan fingerprint density at radius 3 is 2.38 bits per heavy atom. The summed E-state index contributed by atoms with van der Waals surface area (Å²) in [5.74, 6) is -0.511. The Morgan fingerprint density at radius 1 is 0.952 bits per heavy atom. The molecule has 3 aromatic rings. The molecule has 1 aliphatic rings. The lowest BCUT2D eigenvalue weighted by Gasteiger charge is -2.14. The van der Waals surface area contributed by atoms with E-state index in [-0.39, 0.29) is 18.2 Å². The molecule has 0 atom stereocenters. The second-order valence-electron chi connectivity index (χ2n) is 9.08. The van der Waals surface area contributed by atoms with Gasteiger partial charge in [-0.25, -0.2) is 9.69 Å². The first-order valence-electron chi connectivity index (χ1n) is 12.9. The maximum Gasteiger partial charge on any atom is 0.329 e. The highest BCUT2D eigenvalue weighted by Crippen LogP contribution is 2.35. The highest BCUT2D eigenvalue weighted by molar-refractivity contribution is 9.10. The molecule has 3 aromatic carbocycles. The number of para-hydroxylation sites is 2. The van der Waals surface area contributed by atoms with Crippen molar-refractivity contribution in [3.8, 4) is 17.2 Å². The lowest BCUT2D eigenvalue weighted by Crippen LogP contribution is -2.38. The molecule has 5 amide bonds. The molecule has 0 radical (unpaired) electrons. The van der Waals surface area contributed by atoms with Crippen molar-refractivity contribution in [1.82, 2.24) is 10.2 Å². The normalized spacial score (nSPS) is 13.5. The Morgan fingerprint density at radius 2 is 1.67 bits per heavy atom. The van der Waals surface area contributed by atoms with Gasteiger partial charge < -0.3 is 30.2 Å². The van der Waals surface area contributed by atoms with E-state index in [1.54, 1.807) is 55.5 Å². The number of halogens is 1. The predicted molar refractivity (Wildman–Crippen MR) is 160 cm³/mol. The molecule has 12 heteroatoms. The third-order valence-corrected chi connectivity index (χ3v) is 6.69. The zero-order valence-electron chi connectivity index (χ0n) is 23.2. The van der Waals surface area contributed by atoms with Crippen LogP contribution >= 0.6 is 15.9 Å². The molecule has 1 saturated heterocycles. The van der Waals surface area contributed by atoms with Crippen LogP contribution in [0.15, 0.2) is 70.8 Å². The smallest absolute Gasteiger partial charge is 0.329 e. The van der Waals surface area contributed by atoms with Crippen molar-refractivity contribution < 1.29 is 33.4 Å². The molecule has 0 saturated carbocycles. The van der Waals surface area contributed by atoms with Crippen LogP contribution in [0.1, 0.15) is 18.1 Å². The van der Waals surface area contributed by atoms with Crippen molar-refractivity contribution in [3.05, 3.63) is 82.0 Å². The first-order valence-corrected chi connectivity index (χ1v) is 13.7. The molecule has 0 unspecified atom stereocenters. The Bertz CT molecular complexity index is 1540. The molecule has 218 valence electrons. The van der Waals surface area contributed by atoms with E-state index in [9.17, 15) is 19.2 Å². The van der Waals surface area contributed by atoms with Gasteiger partial charge in [-0.1, -0.05) is 45.8 Å². The lowest BCUT2D eigenvalue weighted by atomic mass is 10.1. The van der Waals surface area contributed by atoms with E-state index in [0.29, 0.717) is 45.3 Å². The van der Waals surface area contributed by atoms with Gasteiger partial charge in [-0.3, -0.25) is 14.4 Å². The van der Waals surface area contributed by atoms with Crippen molar-refractivity contribution in [2.24, 2.45) is 0 Å². The van der Waals surface area contributed by atoms with E-state index in [2.05, 4.69) is 31.9 Å². The lowest BCUT2D eigenvalue weighted by molar-refractivity contribution is -0.127. The second kappa shape index (κ2) is 13.7. The largest absolute Gasteiger partial charge is 0.495 e. The number of carbonyl (C=O) groups excluding carboxylic acids is 4. The van der Waals surface area contributed by atoms with Crippen molar-refractivity contribution in [1.29, 1.82) is 0 Å². The molecule has 3 N–H and O–H groups in total. The number of anilines is 2. The quantitative estimate of drug-likeness (QED) is 0.205. The minimum Gasteiger partial charge on any atom is -0.495 e. The number of methoxy groups -OCH3 is 1. The predicted octanol–water partition coefficient (Wildman–Crippen LogP) is 4.71. The second-order valence-corrected chi connectivity index (χ2v) is 9.94. The molecule has 42 heavy (non-hydrogen) atoms. The van der Waals surface area contributed by atoms with Crippen LogP contribution in [0.25, 0.3) is 6.08 Å². The number of aryl methyl sites for hydroxylation is 1. The maximum absolute atomic E-state index is 13.0. The van der Waals surface area contributed by atoms with Crippen LogP contribution in [-0.2, 0) is 14.4 Å². The minimum absolute atomic E-state index is 0.0283. The number of hydrogen-bond donors (Lipinski definition) is 3. The Balaban J connectivity index is 1.45. The number of benzene rings is 3. The first kappa shape index (κ1) is 30.1. The number of urea groups is 1. The van der Waals surface area contributed by atoms with Gasteiger partial charge in [0.05, 0.1) is 19.4 Å². The van der Waals surface area contributed by atoms with Crippen molar-refractivity contribution in [2.45, 2.75) is 13.8 Å². The molecule has 11 nitrogen and oxygen atoms in total. The van der Waals surface area contributed by atoms with E-state index in [0.717, 1.165) is 10.5 Å². The molecular weight excluding hydrogens is 608 g/mol. The van der Waals surface area contributed by atoms with E-state index >= 15 is 0 Å². The summed E-state index contributed by atoms with van der Waals surface area (Å²) in [7, 11) is 1.47. The van der Waals surface area contributed by atoms with Crippen LogP contribution < -0.4 is 30.2 Å². The summed E-state index contributed by atoms with van der Waals surface area (Å²) in [5, 5.41) is 7.91. The molecule has 0 spiro atoms. The van der Waals surface area contributed by atoms with Gasteiger partial charge in [-0.05, 0) is 61.9 Å². The molecule has 1 heterocycles. The fraction of sp³-hybridized carbons (Fsp3) is 0.200. The van der Waals surface area contributed by atoms with E-state index < -0.39 is 24.4 Å². The van der Waals surface area contributed by atoms with Gasteiger partial charge in [0.1, 0.15) is 18.0 Å². The van der Waals surface area contributed by atoms with Crippen LogP contribution in [0.2, 0.25) is 0 Å².